The highest BCUT2D eigenvalue weighted by Crippen LogP contribution is 2.51. The van der Waals surface area contributed by atoms with Crippen molar-refractivity contribution in [2.24, 2.45) is 11.3 Å². The van der Waals surface area contributed by atoms with E-state index in [2.05, 4.69) is 20.6 Å². The molecule has 4 atom stereocenters. The summed E-state index contributed by atoms with van der Waals surface area (Å²) in [6, 6.07) is 6.26. The Morgan fingerprint density at radius 3 is 2.83 bits per heavy atom. The van der Waals surface area contributed by atoms with Gasteiger partial charge < -0.3 is 29.7 Å². The molecule has 6 heterocycles. The maximum atomic E-state index is 13.1. The number of aromatic nitrogens is 4. The lowest BCUT2D eigenvalue weighted by molar-refractivity contribution is -0.117. The molecule has 1 aliphatic carbocycles. The predicted molar refractivity (Wildman–Crippen MR) is 155 cm³/mol. The molecule has 3 saturated heterocycles. The third kappa shape index (κ3) is 4.84. The van der Waals surface area contributed by atoms with E-state index < -0.39 is 0 Å². The van der Waals surface area contributed by atoms with Crippen molar-refractivity contribution in [3.05, 3.63) is 36.3 Å². The Bertz CT molecular complexity index is 1450. The molecule has 0 radical (unpaired) electrons. The number of anilines is 3. The largest absolute Gasteiger partial charge is 0.379 e. The second-order valence-electron chi connectivity index (χ2n) is 12.5. The van der Waals surface area contributed by atoms with Crippen molar-refractivity contribution in [2.45, 2.75) is 57.0 Å². The van der Waals surface area contributed by atoms with E-state index in [1.807, 2.05) is 27.7 Å². The van der Waals surface area contributed by atoms with E-state index >= 15 is 0 Å². The SMILES string of the molecule is CN(C)C(=O)c1cc2cnc(Nc3ccc(N4CC5(CC4=O)CC4CCCNC4C5)cn3)nc2n1C1CCCOC1. The summed E-state index contributed by atoms with van der Waals surface area (Å²) in [4.78, 5) is 43.5. The Kier molecular flexibility index (Phi) is 6.66. The molecule has 41 heavy (non-hydrogen) atoms. The summed E-state index contributed by atoms with van der Waals surface area (Å²) in [6.07, 6.45) is 10.7. The number of piperidine rings is 1. The normalized spacial score (nSPS) is 27.9. The molecule has 2 N–H and O–H groups in total. The molecule has 3 aromatic heterocycles. The molecule has 3 aromatic rings. The van der Waals surface area contributed by atoms with Crippen LogP contribution in [0.25, 0.3) is 11.0 Å². The number of carbonyl (C=O) groups is 2. The highest BCUT2D eigenvalue weighted by atomic mass is 16.5. The number of nitrogens with zero attached hydrogens (tertiary/aromatic N) is 6. The van der Waals surface area contributed by atoms with Crippen LogP contribution in [0.15, 0.2) is 30.6 Å². The molecule has 4 fully saturated rings. The van der Waals surface area contributed by atoms with Crippen LogP contribution in [0.5, 0.6) is 0 Å². The highest BCUT2D eigenvalue weighted by molar-refractivity contribution is 5.98. The highest BCUT2D eigenvalue weighted by Gasteiger charge is 2.52. The van der Waals surface area contributed by atoms with Crippen molar-refractivity contribution in [3.8, 4) is 0 Å². The quantitative estimate of drug-likeness (QED) is 0.489. The summed E-state index contributed by atoms with van der Waals surface area (Å²) < 4.78 is 7.75. The molecule has 4 unspecified atom stereocenters. The first kappa shape index (κ1) is 26.3. The summed E-state index contributed by atoms with van der Waals surface area (Å²) in [5.74, 6) is 1.80. The average Bonchev–Trinajstić information content (AvgIpc) is 3.64. The minimum Gasteiger partial charge on any atom is -0.379 e. The number of hydrogen-bond acceptors (Lipinski definition) is 8. The van der Waals surface area contributed by atoms with Crippen molar-refractivity contribution in [1.82, 2.24) is 29.7 Å². The van der Waals surface area contributed by atoms with Gasteiger partial charge in [0.05, 0.1) is 24.5 Å². The second-order valence-corrected chi connectivity index (χ2v) is 12.5. The Hall–Kier alpha value is -3.57. The Morgan fingerprint density at radius 2 is 2.07 bits per heavy atom. The lowest BCUT2D eigenvalue weighted by Crippen LogP contribution is -2.37. The zero-order valence-corrected chi connectivity index (χ0v) is 23.8. The summed E-state index contributed by atoms with van der Waals surface area (Å²) in [5, 5.41) is 7.71. The van der Waals surface area contributed by atoms with Crippen molar-refractivity contribution in [3.63, 3.8) is 0 Å². The van der Waals surface area contributed by atoms with Gasteiger partial charge in [-0.1, -0.05) is 0 Å². The van der Waals surface area contributed by atoms with Gasteiger partial charge in [0.15, 0.2) is 0 Å². The first-order valence-electron chi connectivity index (χ1n) is 14.8. The molecule has 3 aliphatic heterocycles. The standard InChI is InChI=1S/C30H38N8O3/c1-36(2)28(40)24-11-20-15-33-29(35-27(20)38(24)22-6-4-10-41-17-22)34-25-8-7-21(16-32-25)37-18-30(14-26(37)39)12-19-5-3-9-31-23(19)13-30/h7-8,11,15-16,19,22-23,31H,3-6,9-10,12-14,17-18H2,1-2H3,(H,32,33,34,35). The van der Waals surface area contributed by atoms with Crippen LogP contribution in [-0.2, 0) is 9.53 Å². The Balaban J connectivity index is 1.10. The summed E-state index contributed by atoms with van der Waals surface area (Å²) in [7, 11) is 3.51. The fourth-order valence-corrected chi connectivity index (χ4v) is 7.51. The van der Waals surface area contributed by atoms with Crippen molar-refractivity contribution < 1.29 is 14.3 Å². The smallest absolute Gasteiger partial charge is 0.270 e. The van der Waals surface area contributed by atoms with Crippen LogP contribution in [-0.4, -0.2) is 82.7 Å². The summed E-state index contributed by atoms with van der Waals surface area (Å²) in [5.41, 5.74) is 2.18. The van der Waals surface area contributed by atoms with Crippen molar-refractivity contribution in [2.75, 3.05) is 50.6 Å². The molecule has 7 rings (SSSR count). The maximum absolute atomic E-state index is 13.1. The number of fused-ring (bicyclic) bond motifs is 2. The molecule has 1 saturated carbocycles. The van der Waals surface area contributed by atoms with Gasteiger partial charge in [0.1, 0.15) is 17.2 Å². The van der Waals surface area contributed by atoms with Crippen LogP contribution in [0.3, 0.4) is 0 Å². The van der Waals surface area contributed by atoms with Crippen LogP contribution < -0.4 is 15.5 Å². The first-order valence-corrected chi connectivity index (χ1v) is 14.8. The molecule has 11 nitrogen and oxygen atoms in total. The molecule has 1 spiro atoms. The van der Waals surface area contributed by atoms with Crippen LogP contribution in [0.1, 0.15) is 61.5 Å². The Labute approximate surface area is 239 Å². The van der Waals surface area contributed by atoms with Gasteiger partial charge in [-0.25, -0.2) is 9.97 Å². The Morgan fingerprint density at radius 1 is 1.17 bits per heavy atom. The van der Waals surface area contributed by atoms with E-state index in [0.717, 1.165) is 56.5 Å². The van der Waals surface area contributed by atoms with E-state index in [4.69, 9.17) is 9.72 Å². The van der Waals surface area contributed by atoms with E-state index in [-0.39, 0.29) is 23.3 Å². The third-order valence-corrected chi connectivity index (χ3v) is 9.40. The molecule has 216 valence electrons. The van der Waals surface area contributed by atoms with Gasteiger partial charge in [-0.3, -0.25) is 9.59 Å². The van der Waals surface area contributed by atoms with E-state index in [1.165, 1.54) is 12.8 Å². The van der Waals surface area contributed by atoms with Crippen molar-refractivity contribution in [1.29, 1.82) is 0 Å². The molecular formula is C30H38N8O3. The number of ether oxygens (including phenoxy) is 1. The van der Waals surface area contributed by atoms with Crippen LogP contribution >= 0.6 is 0 Å². The van der Waals surface area contributed by atoms with E-state index in [9.17, 15) is 9.59 Å². The molecule has 0 aromatic carbocycles. The first-order chi connectivity index (χ1) is 19.9. The van der Waals surface area contributed by atoms with Gasteiger partial charge in [0.2, 0.25) is 11.9 Å². The maximum Gasteiger partial charge on any atom is 0.270 e. The number of carbonyl (C=O) groups excluding carboxylic acids is 2. The van der Waals surface area contributed by atoms with Crippen molar-refractivity contribution >= 4 is 40.3 Å². The van der Waals surface area contributed by atoms with Gasteiger partial charge >= 0.3 is 0 Å². The predicted octanol–water partition coefficient (Wildman–Crippen LogP) is 3.51. The number of amides is 2. The minimum absolute atomic E-state index is 0.0289. The van der Waals surface area contributed by atoms with Gasteiger partial charge in [0.25, 0.3) is 5.91 Å². The fourth-order valence-electron chi connectivity index (χ4n) is 7.51. The molecule has 2 amide bonds. The minimum atomic E-state index is -0.0776. The molecule has 0 bridgehead atoms. The van der Waals surface area contributed by atoms with Crippen LogP contribution in [0.2, 0.25) is 0 Å². The topological polar surface area (TPSA) is 118 Å². The lowest BCUT2D eigenvalue weighted by Gasteiger charge is -2.26. The van der Waals surface area contributed by atoms with Gasteiger partial charge in [0, 0.05) is 51.3 Å². The van der Waals surface area contributed by atoms with Gasteiger partial charge in [-0.05, 0) is 74.6 Å². The van der Waals surface area contributed by atoms with Gasteiger partial charge in [-0.15, -0.1) is 0 Å². The number of rotatable bonds is 5. The lowest BCUT2D eigenvalue weighted by atomic mass is 9.84. The fraction of sp³-hybridized carbons (Fsp3) is 0.567. The van der Waals surface area contributed by atoms with Gasteiger partial charge in [-0.2, -0.15) is 4.98 Å². The van der Waals surface area contributed by atoms with Crippen LogP contribution in [0.4, 0.5) is 17.5 Å². The zero-order chi connectivity index (χ0) is 28.1. The summed E-state index contributed by atoms with van der Waals surface area (Å²) in [6.45, 7) is 3.14. The molecular weight excluding hydrogens is 520 g/mol. The van der Waals surface area contributed by atoms with E-state index in [0.29, 0.717) is 48.1 Å². The zero-order valence-electron chi connectivity index (χ0n) is 23.8. The number of nitrogens with one attached hydrogen (secondary N) is 2. The molecule has 11 heteroatoms. The third-order valence-electron chi connectivity index (χ3n) is 9.40. The van der Waals surface area contributed by atoms with Crippen LogP contribution in [0, 0.1) is 11.3 Å². The number of pyridine rings is 1. The second kappa shape index (κ2) is 10.4. The van der Waals surface area contributed by atoms with E-state index in [1.54, 1.807) is 31.4 Å². The number of hydrogen-bond donors (Lipinski definition) is 2. The average molecular weight is 559 g/mol. The summed E-state index contributed by atoms with van der Waals surface area (Å²) >= 11 is 0. The molecule has 4 aliphatic rings. The monoisotopic (exact) mass is 558 g/mol.